The van der Waals surface area contributed by atoms with E-state index in [2.05, 4.69) is 106 Å². The van der Waals surface area contributed by atoms with Gasteiger partial charge in [-0.25, -0.2) is 0 Å². The van der Waals surface area contributed by atoms with Crippen LogP contribution in [0, 0.1) is 6.92 Å². The van der Waals surface area contributed by atoms with Crippen molar-refractivity contribution in [1.29, 1.82) is 0 Å². The lowest BCUT2D eigenvalue weighted by Crippen LogP contribution is -2.22. The van der Waals surface area contributed by atoms with Crippen molar-refractivity contribution < 1.29 is 9.15 Å². The maximum Gasteiger partial charge on any atom is 0.375 e. The summed E-state index contributed by atoms with van der Waals surface area (Å²) in [6.45, 7) is 11.4. The topological polar surface area (TPSA) is 6.02 Å². The fraction of sp³-hybridized carbons (Fsp3) is 0.391. The molecule has 0 aliphatic carbocycles. The second-order valence-corrected chi connectivity index (χ2v) is 7.70. The molecule has 3 rings (SSSR count). The summed E-state index contributed by atoms with van der Waals surface area (Å²) in [5.41, 5.74) is 6.92. The predicted molar refractivity (Wildman–Crippen MR) is 107 cm³/mol. The molecule has 25 heavy (non-hydrogen) atoms. The molecule has 0 saturated heterocycles. The molecule has 0 amide bonds. The van der Waals surface area contributed by atoms with Crippen LogP contribution in [0.5, 0.6) is 0 Å². The molecule has 0 aromatic heterocycles. The van der Waals surface area contributed by atoms with Gasteiger partial charge in [0.15, 0.2) is 0 Å². The summed E-state index contributed by atoms with van der Waals surface area (Å²) >= 11 is 0. The molecular formula is C23H30N2+2. The van der Waals surface area contributed by atoms with Crippen LogP contribution in [0.2, 0.25) is 0 Å². The molecule has 2 heteroatoms. The second kappa shape index (κ2) is 6.95. The summed E-state index contributed by atoms with van der Waals surface area (Å²) in [4.78, 5) is 0. The molecular weight excluding hydrogens is 304 g/mol. The summed E-state index contributed by atoms with van der Waals surface area (Å²) in [5, 5.41) is 0. The Kier molecular flexibility index (Phi) is 4.89. The molecule has 130 valence electrons. The Morgan fingerprint density at radius 1 is 0.800 bits per heavy atom. The number of hydrogen-bond donors (Lipinski definition) is 0. The predicted octanol–water partition coefficient (Wildman–Crippen LogP) is 5.38. The van der Waals surface area contributed by atoms with Crippen LogP contribution >= 0.6 is 0 Å². The largest absolute Gasteiger partial charge is 0.375 e. The lowest BCUT2D eigenvalue weighted by atomic mass is 9.91. The van der Waals surface area contributed by atoms with Gasteiger partial charge >= 0.3 is 6.17 Å². The van der Waals surface area contributed by atoms with Crippen LogP contribution in [0.15, 0.2) is 42.5 Å². The SMILES string of the molecule is Cc1ccccc1C1[N+](C)=CC=[N+]1c1c(C(C)C)cccc1C(C)C. The Labute approximate surface area is 152 Å². The first-order valence-electron chi connectivity index (χ1n) is 9.28. The maximum atomic E-state index is 2.47. The zero-order valence-electron chi connectivity index (χ0n) is 16.3. The van der Waals surface area contributed by atoms with Crippen LogP contribution in [0.3, 0.4) is 0 Å². The van der Waals surface area contributed by atoms with Gasteiger partial charge in [-0.1, -0.05) is 64.1 Å². The van der Waals surface area contributed by atoms with E-state index in [0.717, 1.165) is 0 Å². The molecule has 2 nitrogen and oxygen atoms in total. The number of rotatable bonds is 4. The van der Waals surface area contributed by atoms with E-state index in [0.29, 0.717) is 11.8 Å². The zero-order chi connectivity index (χ0) is 18.1. The highest BCUT2D eigenvalue weighted by atomic mass is 15.3. The van der Waals surface area contributed by atoms with Gasteiger partial charge in [0.1, 0.15) is 7.05 Å². The Bertz CT molecular complexity index is 815. The molecule has 0 fully saturated rings. The van der Waals surface area contributed by atoms with Gasteiger partial charge in [0.25, 0.3) is 0 Å². The second-order valence-electron chi connectivity index (χ2n) is 7.70. The van der Waals surface area contributed by atoms with Crippen LogP contribution in [-0.4, -0.2) is 28.6 Å². The zero-order valence-corrected chi connectivity index (χ0v) is 16.3. The minimum atomic E-state index is 0.207. The van der Waals surface area contributed by atoms with Crippen LogP contribution in [0.1, 0.15) is 68.0 Å². The molecule has 1 heterocycles. The molecule has 1 unspecified atom stereocenters. The Morgan fingerprint density at radius 3 is 1.96 bits per heavy atom. The molecule has 1 aliphatic heterocycles. The van der Waals surface area contributed by atoms with Crippen molar-refractivity contribution in [2.45, 2.75) is 52.6 Å². The summed E-state index contributed by atoms with van der Waals surface area (Å²) < 4.78 is 4.77. The van der Waals surface area contributed by atoms with Gasteiger partial charge in [-0.3, -0.25) is 0 Å². The van der Waals surface area contributed by atoms with Crippen LogP contribution in [0.25, 0.3) is 0 Å². The average Bonchev–Trinajstić information content (AvgIpc) is 2.95. The molecule has 1 aliphatic rings. The molecule has 0 N–H and O–H groups in total. The van der Waals surface area contributed by atoms with Crippen molar-refractivity contribution in [3.63, 3.8) is 0 Å². The Hall–Kier alpha value is -2.22. The van der Waals surface area contributed by atoms with E-state index in [1.165, 1.54) is 27.9 Å². The number of hydrogen-bond acceptors (Lipinski definition) is 0. The highest BCUT2D eigenvalue weighted by Gasteiger charge is 2.40. The van der Waals surface area contributed by atoms with Crippen LogP contribution in [-0.2, 0) is 0 Å². The summed E-state index contributed by atoms with van der Waals surface area (Å²) in [6, 6.07) is 15.5. The molecule has 2 aromatic carbocycles. The van der Waals surface area contributed by atoms with Crippen LogP contribution < -0.4 is 0 Å². The average molecular weight is 335 g/mol. The lowest BCUT2D eigenvalue weighted by molar-refractivity contribution is -0.726. The fourth-order valence-corrected chi connectivity index (χ4v) is 3.79. The van der Waals surface area contributed by atoms with Crippen molar-refractivity contribution in [2.75, 3.05) is 7.05 Å². The van der Waals surface area contributed by atoms with E-state index < -0.39 is 0 Å². The van der Waals surface area contributed by atoms with Gasteiger partial charge in [0, 0.05) is 11.1 Å². The van der Waals surface area contributed by atoms with Crippen LogP contribution in [0.4, 0.5) is 5.69 Å². The number of aryl methyl sites for hydroxylation is 1. The van der Waals surface area contributed by atoms with Gasteiger partial charge in [-0.05, 0) is 30.4 Å². The van der Waals surface area contributed by atoms with Crippen molar-refractivity contribution >= 4 is 18.1 Å². The van der Waals surface area contributed by atoms with Gasteiger partial charge in [0.05, 0.1) is 5.56 Å². The molecule has 0 radical (unpaired) electrons. The van der Waals surface area contributed by atoms with E-state index in [1.54, 1.807) is 0 Å². The number of benzene rings is 2. The molecule has 0 bridgehead atoms. The molecule has 2 aromatic rings. The molecule has 0 saturated carbocycles. The highest BCUT2D eigenvalue weighted by molar-refractivity contribution is 6.12. The summed E-state index contributed by atoms with van der Waals surface area (Å²) in [6.07, 6.45) is 4.64. The molecule has 1 atom stereocenters. The first-order valence-corrected chi connectivity index (χ1v) is 9.28. The minimum absolute atomic E-state index is 0.207. The van der Waals surface area contributed by atoms with Crippen molar-refractivity contribution in [3.8, 4) is 0 Å². The van der Waals surface area contributed by atoms with E-state index >= 15 is 0 Å². The fourth-order valence-electron chi connectivity index (χ4n) is 3.79. The van der Waals surface area contributed by atoms with Gasteiger partial charge < -0.3 is 0 Å². The van der Waals surface area contributed by atoms with Gasteiger partial charge in [-0.2, -0.15) is 4.58 Å². The maximum absolute atomic E-state index is 2.47. The summed E-state index contributed by atoms with van der Waals surface area (Å²) in [5.74, 6) is 0.982. The highest BCUT2D eigenvalue weighted by Crippen LogP contribution is 2.39. The van der Waals surface area contributed by atoms with Crippen molar-refractivity contribution in [2.24, 2.45) is 0 Å². The van der Waals surface area contributed by atoms with E-state index in [4.69, 9.17) is 0 Å². The van der Waals surface area contributed by atoms with Gasteiger partial charge in [0.2, 0.25) is 18.1 Å². The third-order valence-corrected chi connectivity index (χ3v) is 5.18. The monoisotopic (exact) mass is 334 g/mol. The van der Waals surface area contributed by atoms with E-state index in [-0.39, 0.29) is 6.17 Å². The Balaban J connectivity index is 2.21. The third-order valence-electron chi connectivity index (χ3n) is 5.18. The minimum Gasteiger partial charge on any atom is -0.168 e. The van der Waals surface area contributed by atoms with Crippen molar-refractivity contribution in [3.05, 3.63) is 64.7 Å². The number of para-hydroxylation sites is 1. The normalized spacial score (nSPS) is 17.2. The Morgan fingerprint density at radius 2 is 1.40 bits per heavy atom. The third kappa shape index (κ3) is 3.18. The molecule has 0 spiro atoms. The standard InChI is InChI=1S/C23H30N2/c1-16(2)19-12-9-13-20(17(3)4)22(19)25-15-14-24(6)23(25)21-11-8-7-10-18(21)5/h7-17,23H,1-6H3/q+2. The number of nitrogens with zero attached hydrogens (tertiary/aromatic N) is 2. The van der Waals surface area contributed by atoms with Gasteiger partial charge in [-0.15, -0.1) is 4.58 Å². The van der Waals surface area contributed by atoms with Crippen molar-refractivity contribution in [1.82, 2.24) is 0 Å². The smallest absolute Gasteiger partial charge is 0.168 e. The van der Waals surface area contributed by atoms with E-state index in [1.807, 2.05) is 0 Å². The summed E-state index contributed by atoms with van der Waals surface area (Å²) in [7, 11) is 2.17. The van der Waals surface area contributed by atoms with E-state index in [9.17, 15) is 0 Å². The first kappa shape index (κ1) is 17.6. The quantitative estimate of drug-likeness (QED) is 0.662. The lowest BCUT2D eigenvalue weighted by Gasteiger charge is -2.18. The first-order chi connectivity index (χ1) is 11.9.